The van der Waals surface area contributed by atoms with Gasteiger partial charge in [-0.2, -0.15) is 0 Å². The zero-order chi connectivity index (χ0) is 10.8. The van der Waals surface area contributed by atoms with Crippen LogP contribution >= 0.6 is 0 Å². The Morgan fingerprint density at radius 1 is 1.27 bits per heavy atom. The van der Waals surface area contributed by atoms with Crippen LogP contribution in [0, 0.1) is 11.8 Å². The van der Waals surface area contributed by atoms with E-state index in [2.05, 4.69) is 18.7 Å². The molecule has 0 spiro atoms. The summed E-state index contributed by atoms with van der Waals surface area (Å²) in [6.07, 6.45) is 6.93. The van der Waals surface area contributed by atoms with Gasteiger partial charge in [-0.25, -0.2) is 0 Å². The van der Waals surface area contributed by atoms with Crippen LogP contribution in [-0.2, 0) is 0 Å². The first-order valence-electron chi connectivity index (χ1n) is 6.68. The van der Waals surface area contributed by atoms with Gasteiger partial charge in [0.1, 0.15) is 0 Å². The van der Waals surface area contributed by atoms with Crippen LogP contribution in [0.4, 0.5) is 0 Å². The monoisotopic (exact) mass is 210 g/mol. The fourth-order valence-corrected chi connectivity index (χ4v) is 2.90. The van der Waals surface area contributed by atoms with Crippen molar-refractivity contribution in [2.45, 2.75) is 58.0 Å². The first-order chi connectivity index (χ1) is 7.19. The van der Waals surface area contributed by atoms with Gasteiger partial charge in [0.2, 0.25) is 0 Å². The highest BCUT2D eigenvalue weighted by atomic mass is 15.2. The molecule has 1 heterocycles. The highest BCUT2D eigenvalue weighted by Gasteiger charge is 2.31. The second-order valence-electron chi connectivity index (χ2n) is 5.75. The van der Waals surface area contributed by atoms with Gasteiger partial charge in [-0.05, 0) is 38.0 Å². The molecule has 2 heteroatoms. The zero-order valence-electron chi connectivity index (χ0n) is 10.3. The molecule has 2 aliphatic rings. The highest BCUT2D eigenvalue weighted by molar-refractivity contribution is 4.87. The number of hydrogen-bond donors (Lipinski definition) is 1. The maximum absolute atomic E-state index is 6.16. The van der Waals surface area contributed by atoms with Gasteiger partial charge in [-0.3, -0.25) is 4.90 Å². The Bertz CT molecular complexity index is 199. The molecule has 0 amide bonds. The summed E-state index contributed by atoms with van der Waals surface area (Å²) in [6, 6.07) is 1.15. The van der Waals surface area contributed by atoms with E-state index in [-0.39, 0.29) is 0 Å². The van der Waals surface area contributed by atoms with Gasteiger partial charge in [-0.1, -0.05) is 19.8 Å². The quantitative estimate of drug-likeness (QED) is 0.771. The van der Waals surface area contributed by atoms with E-state index in [1.54, 1.807) is 0 Å². The summed E-state index contributed by atoms with van der Waals surface area (Å²) >= 11 is 0. The van der Waals surface area contributed by atoms with Crippen LogP contribution in [0.5, 0.6) is 0 Å². The predicted molar refractivity (Wildman–Crippen MR) is 64.7 cm³/mol. The fourth-order valence-electron chi connectivity index (χ4n) is 2.90. The minimum absolute atomic E-state index is 0.427. The van der Waals surface area contributed by atoms with Crippen molar-refractivity contribution in [3.05, 3.63) is 0 Å². The predicted octanol–water partition coefficient (Wildman–Crippen LogP) is 2.23. The minimum Gasteiger partial charge on any atom is -0.327 e. The lowest BCUT2D eigenvalue weighted by Gasteiger charge is -2.39. The molecular formula is C13H26N2. The van der Waals surface area contributed by atoms with Crippen molar-refractivity contribution < 1.29 is 0 Å². The topological polar surface area (TPSA) is 29.3 Å². The Kier molecular flexibility index (Phi) is 3.68. The van der Waals surface area contributed by atoms with Gasteiger partial charge in [0.15, 0.2) is 0 Å². The Balaban J connectivity index is 1.84. The first kappa shape index (κ1) is 11.4. The third-order valence-corrected chi connectivity index (χ3v) is 4.18. The largest absolute Gasteiger partial charge is 0.327 e. The van der Waals surface area contributed by atoms with E-state index in [9.17, 15) is 0 Å². The summed E-state index contributed by atoms with van der Waals surface area (Å²) in [4.78, 5) is 2.61. The normalized spacial score (nSPS) is 35.4. The summed E-state index contributed by atoms with van der Waals surface area (Å²) in [6.45, 7) is 7.04. The van der Waals surface area contributed by atoms with Gasteiger partial charge >= 0.3 is 0 Å². The molecule has 1 saturated carbocycles. The Labute approximate surface area is 94.2 Å². The van der Waals surface area contributed by atoms with E-state index in [1.165, 1.54) is 38.6 Å². The summed E-state index contributed by atoms with van der Waals surface area (Å²) in [7, 11) is 0. The van der Waals surface area contributed by atoms with Gasteiger partial charge in [-0.15, -0.1) is 0 Å². The highest BCUT2D eigenvalue weighted by Crippen LogP contribution is 2.37. The SMILES string of the molecule is CCC(C)N1CC(N)CC(CC2CC2)C1. The van der Waals surface area contributed by atoms with Crippen LogP contribution in [0.3, 0.4) is 0 Å². The van der Waals surface area contributed by atoms with Gasteiger partial charge in [0.05, 0.1) is 0 Å². The molecular weight excluding hydrogens is 184 g/mol. The van der Waals surface area contributed by atoms with Crippen LogP contribution in [-0.4, -0.2) is 30.1 Å². The molecule has 0 bridgehead atoms. The molecule has 1 saturated heterocycles. The molecule has 0 aromatic carbocycles. The molecule has 3 atom stereocenters. The first-order valence-corrected chi connectivity index (χ1v) is 6.68. The van der Waals surface area contributed by atoms with E-state index < -0.39 is 0 Å². The second kappa shape index (κ2) is 4.84. The van der Waals surface area contributed by atoms with Gasteiger partial charge in [0.25, 0.3) is 0 Å². The Hall–Kier alpha value is -0.0800. The molecule has 1 aliphatic carbocycles. The van der Waals surface area contributed by atoms with E-state index in [0.29, 0.717) is 6.04 Å². The number of piperidine rings is 1. The molecule has 0 radical (unpaired) electrons. The molecule has 1 aliphatic heterocycles. The lowest BCUT2D eigenvalue weighted by Crippen LogP contribution is -2.50. The van der Waals surface area contributed by atoms with Gasteiger partial charge < -0.3 is 5.73 Å². The summed E-state index contributed by atoms with van der Waals surface area (Å²) in [5.41, 5.74) is 6.16. The fraction of sp³-hybridized carbons (Fsp3) is 1.00. The lowest BCUT2D eigenvalue weighted by molar-refractivity contribution is 0.108. The molecule has 3 unspecified atom stereocenters. The van der Waals surface area contributed by atoms with Crippen molar-refractivity contribution >= 4 is 0 Å². The van der Waals surface area contributed by atoms with Crippen LogP contribution in [0.2, 0.25) is 0 Å². The van der Waals surface area contributed by atoms with Crippen molar-refractivity contribution in [1.82, 2.24) is 4.90 Å². The molecule has 2 N–H and O–H groups in total. The van der Waals surface area contributed by atoms with E-state index in [1.807, 2.05) is 0 Å². The Morgan fingerprint density at radius 3 is 2.60 bits per heavy atom. The van der Waals surface area contributed by atoms with E-state index in [4.69, 9.17) is 5.73 Å². The zero-order valence-corrected chi connectivity index (χ0v) is 10.3. The maximum Gasteiger partial charge on any atom is 0.0171 e. The van der Waals surface area contributed by atoms with Crippen LogP contribution in [0.25, 0.3) is 0 Å². The van der Waals surface area contributed by atoms with Crippen molar-refractivity contribution in [3.63, 3.8) is 0 Å². The number of rotatable bonds is 4. The van der Waals surface area contributed by atoms with E-state index >= 15 is 0 Å². The molecule has 15 heavy (non-hydrogen) atoms. The van der Waals surface area contributed by atoms with Crippen molar-refractivity contribution in [3.8, 4) is 0 Å². The van der Waals surface area contributed by atoms with Crippen molar-refractivity contribution in [2.24, 2.45) is 17.6 Å². The molecule has 0 aromatic heterocycles. The minimum atomic E-state index is 0.427. The summed E-state index contributed by atoms with van der Waals surface area (Å²) in [5, 5.41) is 0. The molecule has 2 nitrogen and oxygen atoms in total. The summed E-state index contributed by atoms with van der Waals surface area (Å²) in [5.74, 6) is 1.94. The van der Waals surface area contributed by atoms with E-state index in [0.717, 1.165) is 24.4 Å². The Morgan fingerprint density at radius 2 is 2.00 bits per heavy atom. The third kappa shape index (κ3) is 3.18. The van der Waals surface area contributed by atoms with Crippen molar-refractivity contribution in [1.29, 1.82) is 0 Å². The number of hydrogen-bond acceptors (Lipinski definition) is 2. The molecule has 2 rings (SSSR count). The van der Waals surface area contributed by atoms with Crippen LogP contribution in [0.15, 0.2) is 0 Å². The average molecular weight is 210 g/mol. The smallest absolute Gasteiger partial charge is 0.0171 e. The molecule has 2 fully saturated rings. The maximum atomic E-state index is 6.16. The second-order valence-corrected chi connectivity index (χ2v) is 5.75. The standard InChI is InChI=1S/C13H26N2/c1-3-10(2)15-8-12(6-11-4-5-11)7-13(14)9-15/h10-13H,3-9,14H2,1-2H3. The molecule has 0 aromatic rings. The third-order valence-electron chi connectivity index (χ3n) is 4.18. The number of nitrogens with two attached hydrogens (primary N) is 1. The number of nitrogens with zero attached hydrogens (tertiary/aromatic N) is 1. The van der Waals surface area contributed by atoms with Crippen LogP contribution in [0.1, 0.15) is 46.0 Å². The average Bonchev–Trinajstić information content (AvgIpc) is 2.99. The lowest BCUT2D eigenvalue weighted by atomic mass is 9.89. The summed E-state index contributed by atoms with van der Waals surface area (Å²) < 4.78 is 0. The van der Waals surface area contributed by atoms with Gasteiger partial charge in [0, 0.05) is 25.2 Å². The molecule has 88 valence electrons. The van der Waals surface area contributed by atoms with Crippen molar-refractivity contribution in [2.75, 3.05) is 13.1 Å². The van der Waals surface area contributed by atoms with Crippen LogP contribution < -0.4 is 5.73 Å². The number of likely N-dealkylation sites (tertiary alicyclic amines) is 1.